The smallest absolute Gasteiger partial charge is 0.311 e. The molecule has 6 rings (SSSR count). The first-order valence-corrected chi connectivity index (χ1v) is 42.7. The molecule has 6 heterocycles. The largest absolute Gasteiger partial charge is 0.481 e. The Morgan fingerprint density at radius 1 is 0.508 bits per heavy atom. The number of carbonyl (C=O) groups excluding carboxylic acids is 4. The van der Waals surface area contributed by atoms with E-state index in [-0.39, 0.29) is 101 Å². The molecule has 33 nitrogen and oxygen atoms in total. The third kappa shape index (κ3) is 26.8. The van der Waals surface area contributed by atoms with Gasteiger partial charge in [-0.15, -0.1) is 0 Å². The second-order valence-corrected chi connectivity index (χ2v) is 37.1. The van der Waals surface area contributed by atoms with Crippen LogP contribution in [0.1, 0.15) is 210 Å². The van der Waals surface area contributed by atoms with Crippen LogP contribution in [0.15, 0.2) is 0 Å². The zero-order chi connectivity index (χ0) is 89.7. The van der Waals surface area contributed by atoms with Crippen LogP contribution in [-0.4, -0.2) is 361 Å². The topological polar surface area (TPSA) is 408 Å². The molecule has 0 aliphatic carbocycles. The summed E-state index contributed by atoms with van der Waals surface area (Å²) >= 11 is 0. The SMILES string of the molecule is CC[C@H]1OC(=O)[C@H](C)[C@@H](O[C@H]2C[C@@](C)(OC)[C@@H](O)[C@H](C)O2)[C@H](C)[C@@H](O[C@@H]2O[C@H](C)C[C@H](N(C)C)[C@H]2OCCC(=O)O)[C@](C)(O)C[C@@H](C)CN(C)[C@H](C)[C@@H](O)[C@]1(C)O.CC[C@H]1OC(=O)[C@H](C)[C@@H](O[C@H]2C[C@@](C)(OC)[C@@H](OC(C)=O)[C@H](C)O2)[C@H](C)[C@@H](O[C@@H]2O[C@H](C)C[C@H](N(C)C)[C@H]2OCCC(=O)OC)[C@](C)(O)C[C@@H](C)CN(C)[C@H](C)[C@@H](O)[C@]1(C)O. The van der Waals surface area contributed by atoms with Crippen molar-refractivity contribution in [1.29, 1.82) is 0 Å². The maximum Gasteiger partial charge on any atom is 0.311 e. The Kier molecular flexibility index (Phi) is 39.6. The van der Waals surface area contributed by atoms with Crippen LogP contribution in [0.4, 0.5) is 0 Å². The fraction of sp³-hybridized carbons (Fsp3) is 0.941. The number of rotatable bonds is 23. The lowest BCUT2D eigenvalue weighted by atomic mass is 9.77. The maximum absolute atomic E-state index is 14.5. The number of nitrogens with zero attached hydrogens (tertiary/aromatic N) is 4. The Morgan fingerprint density at radius 3 is 1.23 bits per heavy atom. The Labute approximate surface area is 702 Å². The highest BCUT2D eigenvalue weighted by atomic mass is 16.7. The standard InChI is InChI=1S/C44H80N2O15.C41H76N2O14/c1-17-32-44(11,52)37(49)28(6)46(14)23-24(2)21-42(9,51)38(61-41-36(55-19-18-33(48)53-15)31(45(12)13)20-25(3)56-41)26(4)35(27(5)40(50)59-32)60-34-22-43(10,54-16)39(29(7)57-34)58-30(8)47;1-15-29-41(10,50)34(46)26(6)43(13)21-22(2)19-39(8,49)36(57-38-33(52-17-16-30(44)45)28(42(11)12)18-23(3)53-38)24(4)32(25(5)37(48)55-29)56-31-20-40(9,51-14)35(47)27(7)54-31/h24-29,31-32,34-39,41,49,51-52H,17-23H2,1-16H3;22-29,31-36,38,46-47,49-50H,15-21H2,1-14H3,(H,44,45)/t24-,25-,26+,27-,28-,29+,31+,32-,34+,35+,36-,37-,38-,39+,41+,42-,43-,44-;22-,23-,24+,25-,26-,27+,28+,29-,31+,32+,33-,34-,35+,36-,38+,39-,40-,41-/m11/s1. The molecule has 0 amide bonds. The van der Waals surface area contributed by atoms with Gasteiger partial charge in [-0.2, -0.15) is 0 Å². The quantitative estimate of drug-likeness (QED) is 0.0465. The van der Waals surface area contributed by atoms with Gasteiger partial charge in [0.1, 0.15) is 59.5 Å². The molecule has 6 fully saturated rings. The Hall–Kier alpha value is -3.57. The molecule has 690 valence electrons. The second kappa shape index (κ2) is 44.5. The molecular weight excluding hydrogens is 1540 g/mol. The van der Waals surface area contributed by atoms with Gasteiger partial charge in [0.15, 0.2) is 31.3 Å². The summed E-state index contributed by atoms with van der Waals surface area (Å²) in [6, 6.07) is -1.57. The highest BCUT2D eigenvalue weighted by molar-refractivity contribution is 5.74. The highest BCUT2D eigenvalue weighted by Crippen LogP contribution is 2.45. The third-order valence-electron chi connectivity index (χ3n) is 26.1. The van der Waals surface area contributed by atoms with Crippen LogP contribution in [0.5, 0.6) is 0 Å². The number of methoxy groups -OCH3 is 3. The van der Waals surface area contributed by atoms with Crippen LogP contribution in [0.25, 0.3) is 0 Å². The molecule has 0 spiro atoms. The van der Waals surface area contributed by atoms with Crippen molar-refractivity contribution in [2.24, 2.45) is 35.5 Å². The third-order valence-corrected chi connectivity index (χ3v) is 26.1. The van der Waals surface area contributed by atoms with E-state index in [1.54, 1.807) is 83.1 Å². The van der Waals surface area contributed by atoms with E-state index in [9.17, 15) is 64.8 Å². The van der Waals surface area contributed by atoms with E-state index in [4.69, 9.17) is 75.8 Å². The van der Waals surface area contributed by atoms with Gasteiger partial charge in [-0.3, -0.25) is 24.0 Å². The van der Waals surface area contributed by atoms with Crippen molar-refractivity contribution in [2.75, 3.05) is 89.9 Å². The first kappa shape index (κ1) is 105. The van der Waals surface area contributed by atoms with Crippen LogP contribution >= 0.6 is 0 Å². The Bertz CT molecular complexity index is 3100. The van der Waals surface area contributed by atoms with Gasteiger partial charge in [0, 0.05) is 83.1 Å². The monoisotopic (exact) mass is 1700 g/mol. The van der Waals surface area contributed by atoms with E-state index >= 15 is 0 Å². The van der Waals surface area contributed by atoms with Crippen molar-refractivity contribution in [3.8, 4) is 0 Å². The van der Waals surface area contributed by atoms with Crippen molar-refractivity contribution < 1.29 is 141 Å². The zero-order valence-corrected chi connectivity index (χ0v) is 76.7. The van der Waals surface area contributed by atoms with Gasteiger partial charge >= 0.3 is 29.8 Å². The Morgan fingerprint density at radius 2 is 0.881 bits per heavy atom. The number of esters is 4. The molecular formula is C85H156N4O29. The molecule has 6 aliphatic heterocycles. The summed E-state index contributed by atoms with van der Waals surface area (Å²) in [5, 5.41) is 92.8. The summed E-state index contributed by atoms with van der Waals surface area (Å²) in [4.78, 5) is 72.4. The van der Waals surface area contributed by atoms with Crippen LogP contribution in [-0.2, 0) is 99.8 Å². The number of aliphatic hydroxyl groups is 7. The number of hydrogen-bond donors (Lipinski definition) is 8. The van der Waals surface area contributed by atoms with E-state index in [0.29, 0.717) is 25.9 Å². The van der Waals surface area contributed by atoms with Gasteiger partial charge in [-0.25, -0.2) is 0 Å². The summed E-state index contributed by atoms with van der Waals surface area (Å²) in [6.07, 6.45) is -16.4. The maximum atomic E-state index is 14.5. The van der Waals surface area contributed by atoms with Crippen molar-refractivity contribution in [2.45, 2.75) is 390 Å². The highest BCUT2D eigenvalue weighted by Gasteiger charge is 2.57. The minimum atomic E-state index is -1.84. The van der Waals surface area contributed by atoms with E-state index < -0.39 is 210 Å². The molecule has 36 atom stereocenters. The lowest BCUT2D eigenvalue weighted by Gasteiger charge is -2.49. The molecule has 0 aromatic rings. The number of ether oxygens (including phenoxy) is 16. The van der Waals surface area contributed by atoms with Crippen LogP contribution in [0.3, 0.4) is 0 Å². The van der Waals surface area contributed by atoms with Gasteiger partial charge in [-0.05, 0) is 190 Å². The Balaban J connectivity index is 0.000000421. The molecule has 0 bridgehead atoms. The number of cyclic esters (lactones) is 2. The van der Waals surface area contributed by atoms with Crippen molar-refractivity contribution in [3.05, 3.63) is 0 Å². The van der Waals surface area contributed by atoms with Crippen LogP contribution in [0.2, 0.25) is 0 Å². The molecule has 6 saturated heterocycles. The summed E-state index contributed by atoms with van der Waals surface area (Å²) < 4.78 is 100. The van der Waals surface area contributed by atoms with Crippen molar-refractivity contribution >= 4 is 29.8 Å². The van der Waals surface area contributed by atoms with Crippen LogP contribution < -0.4 is 0 Å². The molecule has 0 aromatic heterocycles. The summed E-state index contributed by atoms with van der Waals surface area (Å²) in [6.45, 7) is 37.3. The molecule has 118 heavy (non-hydrogen) atoms. The van der Waals surface area contributed by atoms with E-state index in [1.807, 2.05) is 103 Å². The number of aliphatic carboxylic acids is 1. The molecule has 0 saturated carbocycles. The summed E-state index contributed by atoms with van der Waals surface area (Å²) in [5.74, 6) is -7.43. The molecule has 33 heteroatoms. The fourth-order valence-electron chi connectivity index (χ4n) is 18.9. The van der Waals surface area contributed by atoms with Gasteiger partial charge in [0.2, 0.25) is 0 Å². The van der Waals surface area contributed by atoms with Gasteiger partial charge in [0.25, 0.3) is 0 Å². The zero-order valence-electron chi connectivity index (χ0n) is 76.7. The number of carboxylic acid groups (broad SMARTS) is 1. The van der Waals surface area contributed by atoms with Gasteiger partial charge in [-0.1, -0.05) is 41.5 Å². The number of carboxylic acids is 1. The molecule has 0 aromatic carbocycles. The summed E-state index contributed by atoms with van der Waals surface area (Å²) in [5.41, 5.74) is -8.98. The van der Waals surface area contributed by atoms with E-state index in [2.05, 4.69) is 0 Å². The van der Waals surface area contributed by atoms with E-state index in [1.165, 1.54) is 42.1 Å². The number of carbonyl (C=O) groups is 5. The molecule has 6 aliphatic rings. The lowest BCUT2D eigenvalue weighted by molar-refractivity contribution is -0.321. The fourth-order valence-corrected chi connectivity index (χ4v) is 18.9. The summed E-state index contributed by atoms with van der Waals surface area (Å²) in [7, 11) is 15.7. The molecule has 0 radical (unpaired) electrons. The first-order valence-electron chi connectivity index (χ1n) is 42.7. The normalized spacial score (nSPS) is 45.0. The molecule has 8 N–H and O–H groups in total. The number of aliphatic hydroxyl groups excluding tert-OH is 3. The number of hydrogen-bond acceptors (Lipinski definition) is 32. The first-order chi connectivity index (χ1) is 54.5. The van der Waals surface area contributed by atoms with Gasteiger partial charge < -0.3 is 136 Å². The number of likely N-dealkylation sites (N-methyl/N-ethyl adjacent to an activating group) is 4. The minimum absolute atomic E-state index is 0.00478. The average Bonchev–Trinajstić information content (AvgIpc) is 1.27. The van der Waals surface area contributed by atoms with E-state index in [0.717, 1.165) is 0 Å². The lowest BCUT2D eigenvalue weighted by Crippen LogP contribution is -2.61. The van der Waals surface area contributed by atoms with Gasteiger partial charge in [0.05, 0.1) is 111 Å². The predicted octanol–water partition coefficient (Wildman–Crippen LogP) is 5.46. The van der Waals surface area contributed by atoms with Crippen molar-refractivity contribution in [1.82, 2.24) is 19.6 Å². The molecule has 0 unspecified atom stereocenters. The van der Waals surface area contributed by atoms with Crippen molar-refractivity contribution in [3.63, 3.8) is 0 Å². The van der Waals surface area contributed by atoms with Crippen LogP contribution in [0, 0.1) is 35.5 Å². The second-order valence-electron chi connectivity index (χ2n) is 37.1. The minimum Gasteiger partial charge on any atom is -0.481 e. The average molecular weight is 1700 g/mol. The predicted molar refractivity (Wildman–Crippen MR) is 434 cm³/mol.